The zero-order valence-electron chi connectivity index (χ0n) is 6.06. The minimum atomic E-state index is 0.228. The van der Waals surface area contributed by atoms with Gasteiger partial charge >= 0.3 is 0 Å². The lowest BCUT2D eigenvalue weighted by molar-refractivity contribution is 0.123. The molecule has 2 heteroatoms. The summed E-state index contributed by atoms with van der Waals surface area (Å²) in [6.45, 7) is 2.87. The summed E-state index contributed by atoms with van der Waals surface area (Å²) >= 11 is 0. The molecule has 1 aliphatic carbocycles. The van der Waals surface area contributed by atoms with Gasteiger partial charge in [0.1, 0.15) is 0 Å². The van der Waals surface area contributed by atoms with Crippen LogP contribution in [0.3, 0.4) is 0 Å². The molecule has 9 heavy (non-hydrogen) atoms. The summed E-state index contributed by atoms with van der Waals surface area (Å²) in [4.78, 5) is 0. The van der Waals surface area contributed by atoms with Crippen LogP contribution in [-0.2, 0) is 0 Å². The Hall–Kier alpha value is -0.0800. The van der Waals surface area contributed by atoms with Crippen molar-refractivity contribution in [2.45, 2.75) is 32.2 Å². The van der Waals surface area contributed by atoms with E-state index in [-0.39, 0.29) is 6.04 Å². The zero-order chi connectivity index (χ0) is 6.91. The van der Waals surface area contributed by atoms with Crippen molar-refractivity contribution in [1.82, 2.24) is 0 Å². The van der Waals surface area contributed by atoms with Crippen LogP contribution in [0.4, 0.5) is 0 Å². The highest BCUT2D eigenvalue weighted by Gasteiger charge is 2.36. The van der Waals surface area contributed by atoms with Gasteiger partial charge in [0.25, 0.3) is 0 Å². The Kier molecular flexibility index (Phi) is 1.78. The largest absolute Gasteiger partial charge is 0.329 e. The molecule has 4 N–H and O–H groups in total. The van der Waals surface area contributed by atoms with Crippen molar-refractivity contribution < 1.29 is 0 Å². The van der Waals surface area contributed by atoms with Crippen molar-refractivity contribution in [1.29, 1.82) is 0 Å². The molecule has 0 bridgehead atoms. The molecule has 1 atom stereocenters. The second-order valence-corrected chi connectivity index (χ2v) is 3.35. The Morgan fingerprint density at radius 3 is 2.22 bits per heavy atom. The molecule has 0 aromatic carbocycles. The lowest BCUT2D eigenvalue weighted by Crippen LogP contribution is -2.48. The molecule has 54 valence electrons. The van der Waals surface area contributed by atoms with Crippen LogP contribution < -0.4 is 11.5 Å². The molecule has 1 fully saturated rings. The highest BCUT2D eigenvalue weighted by Crippen LogP contribution is 2.42. The van der Waals surface area contributed by atoms with Gasteiger partial charge in [-0.05, 0) is 18.3 Å². The summed E-state index contributed by atoms with van der Waals surface area (Å²) in [7, 11) is 0. The third kappa shape index (κ3) is 1.10. The average Bonchev–Trinajstić information content (AvgIpc) is 1.81. The second-order valence-electron chi connectivity index (χ2n) is 3.35. The Labute approximate surface area is 56.6 Å². The maximum atomic E-state index is 5.79. The van der Waals surface area contributed by atoms with E-state index in [1.807, 2.05) is 0 Å². The van der Waals surface area contributed by atoms with Crippen LogP contribution in [0.15, 0.2) is 0 Å². The molecule has 2 nitrogen and oxygen atoms in total. The van der Waals surface area contributed by atoms with Gasteiger partial charge in [-0.2, -0.15) is 0 Å². The van der Waals surface area contributed by atoms with Crippen LogP contribution in [0.25, 0.3) is 0 Å². The smallest absolute Gasteiger partial charge is 0.0217 e. The second kappa shape index (κ2) is 2.27. The predicted octanol–water partition coefficient (Wildman–Crippen LogP) is 0.463. The van der Waals surface area contributed by atoms with Gasteiger partial charge in [0.05, 0.1) is 0 Å². The van der Waals surface area contributed by atoms with Gasteiger partial charge in [0.2, 0.25) is 0 Å². The Balaban J connectivity index is 2.38. The Morgan fingerprint density at radius 1 is 1.56 bits per heavy atom. The van der Waals surface area contributed by atoms with Crippen LogP contribution in [-0.4, -0.2) is 12.6 Å². The number of rotatable bonds is 2. The van der Waals surface area contributed by atoms with Crippen molar-refractivity contribution in [3.63, 3.8) is 0 Å². The molecule has 0 radical (unpaired) electrons. The van der Waals surface area contributed by atoms with Crippen LogP contribution in [0, 0.1) is 5.41 Å². The van der Waals surface area contributed by atoms with Crippen molar-refractivity contribution in [2.24, 2.45) is 16.9 Å². The topological polar surface area (TPSA) is 52.0 Å². The number of hydrogen-bond acceptors (Lipinski definition) is 2. The molecule has 1 aliphatic rings. The molecule has 0 spiro atoms. The number of nitrogens with two attached hydrogens (primary N) is 2. The maximum absolute atomic E-state index is 5.79. The van der Waals surface area contributed by atoms with Crippen LogP contribution >= 0.6 is 0 Å². The molecule has 1 saturated carbocycles. The molecule has 0 aromatic heterocycles. The highest BCUT2D eigenvalue weighted by molar-refractivity contribution is 4.92. The van der Waals surface area contributed by atoms with Gasteiger partial charge in [-0.15, -0.1) is 0 Å². The van der Waals surface area contributed by atoms with Crippen molar-refractivity contribution in [2.75, 3.05) is 6.54 Å². The lowest BCUT2D eigenvalue weighted by atomic mass is 9.66. The van der Waals surface area contributed by atoms with Crippen LogP contribution in [0.5, 0.6) is 0 Å². The molecule has 1 rings (SSSR count). The van der Waals surface area contributed by atoms with E-state index in [9.17, 15) is 0 Å². The Bertz CT molecular complexity index is 97.1. The summed E-state index contributed by atoms with van der Waals surface area (Å²) in [6.07, 6.45) is 3.88. The average molecular weight is 128 g/mol. The van der Waals surface area contributed by atoms with E-state index in [0.29, 0.717) is 12.0 Å². The first-order chi connectivity index (χ1) is 4.19. The van der Waals surface area contributed by atoms with Gasteiger partial charge < -0.3 is 11.5 Å². The maximum Gasteiger partial charge on any atom is 0.0217 e. The number of hydrogen-bond donors (Lipinski definition) is 2. The summed E-state index contributed by atoms with van der Waals surface area (Å²) < 4.78 is 0. The van der Waals surface area contributed by atoms with E-state index in [2.05, 4.69) is 6.92 Å². The van der Waals surface area contributed by atoms with E-state index in [1.54, 1.807) is 0 Å². The summed E-state index contributed by atoms with van der Waals surface area (Å²) in [5.74, 6) is 0. The molecule has 1 unspecified atom stereocenters. The van der Waals surface area contributed by atoms with Gasteiger partial charge in [0.15, 0.2) is 0 Å². The molecule has 0 aliphatic heterocycles. The fraction of sp³-hybridized carbons (Fsp3) is 1.00. The van der Waals surface area contributed by atoms with E-state index in [1.165, 1.54) is 19.3 Å². The van der Waals surface area contributed by atoms with E-state index >= 15 is 0 Å². The lowest BCUT2D eigenvalue weighted by Gasteiger charge is -2.42. The highest BCUT2D eigenvalue weighted by atomic mass is 14.8. The minimum absolute atomic E-state index is 0.228. The van der Waals surface area contributed by atoms with Crippen molar-refractivity contribution in [3.05, 3.63) is 0 Å². The molecular formula is C7H16N2. The first-order valence-corrected chi connectivity index (χ1v) is 3.65. The summed E-state index contributed by atoms with van der Waals surface area (Å²) in [6, 6.07) is 0.228. The van der Waals surface area contributed by atoms with E-state index in [4.69, 9.17) is 11.5 Å². The molecule has 0 aromatic rings. The SMILES string of the molecule is CC1(C(N)CN)CCC1. The predicted molar refractivity (Wildman–Crippen MR) is 39.0 cm³/mol. The molecule has 0 amide bonds. The van der Waals surface area contributed by atoms with Gasteiger partial charge in [0, 0.05) is 12.6 Å². The Morgan fingerprint density at radius 2 is 2.11 bits per heavy atom. The molecule has 0 heterocycles. The van der Waals surface area contributed by atoms with Crippen LogP contribution in [0.1, 0.15) is 26.2 Å². The molecular weight excluding hydrogens is 112 g/mol. The first-order valence-electron chi connectivity index (χ1n) is 3.65. The first kappa shape index (κ1) is 7.03. The van der Waals surface area contributed by atoms with Crippen molar-refractivity contribution in [3.8, 4) is 0 Å². The third-order valence-electron chi connectivity index (χ3n) is 2.64. The van der Waals surface area contributed by atoms with E-state index in [0.717, 1.165) is 0 Å². The summed E-state index contributed by atoms with van der Waals surface area (Å²) in [5.41, 5.74) is 11.6. The quantitative estimate of drug-likeness (QED) is 0.567. The summed E-state index contributed by atoms with van der Waals surface area (Å²) in [5, 5.41) is 0. The zero-order valence-corrected chi connectivity index (χ0v) is 6.06. The third-order valence-corrected chi connectivity index (χ3v) is 2.64. The molecule has 0 saturated heterocycles. The monoisotopic (exact) mass is 128 g/mol. The fourth-order valence-electron chi connectivity index (χ4n) is 1.39. The van der Waals surface area contributed by atoms with Gasteiger partial charge in [-0.25, -0.2) is 0 Å². The fourth-order valence-corrected chi connectivity index (χ4v) is 1.39. The van der Waals surface area contributed by atoms with E-state index < -0.39 is 0 Å². The van der Waals surface area contributed by atoms with Gasteiger partial charge in [-0.3, -0.25) is 0 Å². The standard InChI is InChI=1S/C7H16N2/c1-7(3-2-4-7)6(9)5-8/h6H,2-5,8-9H2,1H3. The van der Waals surface area contributed by atoms with Gasteiger partial charge in [-0.1, -0.05) is 13.3 Å². The van der Waals surface area contributed by atoms with Crippen molar-refractivity contribution >= 4 is 0 Å². The normalized spacial score (nSPS) is 27.0. The minimum Gasteiger partial charge on any atom is -0.329 e. The van der Waals surface area contributed by atoms with Crippen LogP contribution in [0.2, 0.25) is 0 Å².